The molecule has 0 aliphatic heterocycles. The van der Waals surface area contributed by atoms with Gasteiger partial charge in [0, 0.05) is 23.7 Å². The molecule has 1 saturated carbocycles. The third-order valence-corrected chi connectivity index (χ3v) is 3.31. The van der Waals surface area contributed by atoms with Gasteiger partial charge in [-0.15, -0.1) is 0 Å². The molecule has 1 aromatic rings. The van der Waals surface area contributed by atoms with E-state index in [-0.39, 0.29) is 11.4 Å². The van der Waals surface area contributed by atoms with Gasteiger partial charge in [-0.25, -0.2) is 0 Å². The molecule has 3 N–H and O–H groups in total. The van der Waals surface area contributed by atoms with Crippen molar-refractivity contribution in [1.82, 2.24) is 15.1 Å². The number of nitrogens with two attached hydrogens (primary N) is 1. The van der Waals surface area contributed by atoms with E-state index < -0.39 is 5.54 Å². The third-order valence-electron chi connectivity index (χ3n) is 3.31. The van der Waals surface area contributed by atoms with E-state index in [1.54, 1.807) is 0 Å². The van der Waals surface area contributed by atoms with Gasteiger partial charge in [-0.05, 0) is 53.5 Å². The Kier molecular flexibility index (Phi) is 3.67. The maximum absolute atomic E-state index is 12.2. The van der Waals surface area contributed by atoms with Gasteiger partial charge < -0.3 is 11.1 Å². The summed E-state index contributed by atoms with van der Waals surface area (Å²) in [5.74, 6) is 0.419. The van der Waals surface area contributed by atoms with E-state index in [0.29, 0.717) is 18.2 Å². The van der Waals surface area contributed by atoms with Gasteiger partial charge in [-0.3, -0.25) is 9.48 Å². The van der Waals surface area contributed by atoms with Crippen LogP contribution < -0.4 is 11.1 Å². The normalized spacial score (nSPS) is 16.3. The van der Waals surface area contributed by atoms with Crippen molar-refractivity contribution in [2.75, 3.05) is 6.54 Å². The molecular formula is C15H26N4O. The first-order chi connectivity index (χ1) is 9.08. The molecule has 2 rings (SSSR count). The summed E-state index contributed by atoms with van der Waals surface area (Å²) in [5.41, 5.74) is 7.03. The monoisotopic (exact) mass is 278 g/mol. The van der Waals surface area contributed by atoms with Gasteiger partial charge in [-0.2, -0.15) is 5.10 Å². The Morgan fingerprint density at radius 2 is 2.00 bits per heavy atom. The predicted octanol–water partition coefficient (Wildman–Crippen LogP) is 1.98. The van der Waals surface area contributed by atoms with Gasteiger partial charge in [0.25, 0.3) is 5.91 Å². The van der Waals surface area contributed by atoms with Crippen molar-refractivity contribution in [3.8, 4) is 0 Å². The second-order valence-electron chi connectivity index (χ2n) is 7.48. The fourth-order valence-corrected chi connectivity index (χ4v) is 2.11. The van der Waals surface area contributed by atoms with Crippen molar-refractivity contribution in [3.05, 3.63) is 17.5 Å². The molecule has 0 spiro atoms. The maximum atomic E-state index is 12.2. The van der Waals surface area contributed by atoms with Crippen molar-refractivity contribution < 1.29 is 4.79 Å². The lowest BCUT2D eigenvalue weighted by molar-refractivity contribution is 0.0939. The summed E-state index contributed by atoms with van der Waals surface area (Å²) in [4.78, 5) is 12.2. The zero-order valence-electron chi connectivity index (χ0n) is 13.2. The Labute approximate surface area is 120 Å². The number of hydrogen-bond acceptors (Lipinski definition) is 3. The fraction of sp³-hybridized carbons (Fsp3) is 0.733. The second kappa shape index (κ2) is 4.88. The highest BCUT2D eigenvalue weighted by molar-refractivity contribution is 5.92. The molecule has 0 radical (unpaired) electrons. The molecule has 1 heterocycles. The number of carbonyl (C=O) groups excluding carboxylic acids is 1. The van der Waals surface area contributed by atoms with Crippen LogP contribution >= 0.6 is 0 Å². The van der Waals surface area contributed by atoms with Crippen LogP contribution in [0.3, 0.4) is 0 Å². The SMILES string of the molecule is CC(C)(N)CNC(=O)c1cc(C2CC2)n(C(C)(C)C)n1. The van der Waals surface area contributed by atoms with E-state index in [9.17, 15) is 4.79 Å². The molecule has 0 aromatic carbocycles. The molecule has 5 heteroatoms. The van der Waals surface area contributed by atoms with Crippen molar-refractivity contribution in [1.29, 1.82) is 0 Å². The van der Waals surface area contributed by atoms with Crippen LogP contribution in [0.5, 0.6) is 0 Å². The smallest absolute Gasteiger partial charge is 0.271 e. The van der Waals surface area contributed by atoms with Crippen molar-refractivity contribution in [2.24, 2.45) is 5.73 Å². The first-order valence-corrected chi connectivity index (χ1v) is 7.25. The van der Waals surface area contributed by atoms with Gasteiger partial charge in [0.05, 0.1) is 5.54 Å². The topological polar surface area (TPSA) is 72.9 Å². The molecule has 0 saturated heterocycles. The Bertz CT molecular complexity index is 501. The van der Waals surface area contributed by atoms with E-state index in [4.69, 9.17) is 5.73 Å². The van der Waals surface area contributed by atoms with E-state index in [1.165, 1.54) is 18.5 Å². The summed E-state index contributed by atoms with van der Waals surface area (Å²) in [6.45, 7) is 10.5. The summed E-state index contributed by atoms with van der Waals surface area (Å²) in [5, 5.41) is 7.36. The average molecular weight is 278 g/mol. The molecule has 1 fully saturated rings. The highest BCUT2D eigenvalue weighted by Gasteiger charge is 2.32. The van der Waals surface area contributed by atoms with Gasteiger partial charge in [0.2, 0.25) is 0 Å². The number of aromatic nitrogens is 2. The molecule has 1 aliphatic rings. The van der Waals surface area contributed by atoms with E-state index >= 15 is 0 Å². The summed E-state index contributed by atoms with van der Waals surface area (Å²) in [6.07, 6.45) is 2.39. The van der Waals surface area contributed by atoms with Crippen LogP contribution in [-0.4, -0.2) is 27.8 Å². The minimum Gasteiger partial charge on any atom is -0.349 e. The molecule has 0 atom stereocenters. The number of amides is 1. The summed E-state index contributed by atoms with van der Waals surface area (Å²) >= 11 is 0. The highest BCUT2D eigenvalue weighted by Crippen LogP contribution is 2.41. The standard InChI is InChI=1S/C15H26N4O/c1-14(2,3)19-12(10-6-7-10)8-11(18-19)13(20)17-9-15(4,5)16/h8,10H,6-7,9,16H2,1-5H3,(H,17,20). The van der Waals surface area contributed by atoms with E-state index in [0.717, 1.165) is 0 Å². The molecule has 112 valence electrons. The van der Waals surface area contributed by atoms with Crippen molar-refractivity contribution in [2.45, 2.75) is 64.5 Å². The lowest BCUT2D eigenvalue weighted by Crippen LogP contribution is -2.45. The fourth-order valence-electron chi connectivity index (χ4n) is 2.11. The van der Waals surface area contributed by atoms with Gasteiger partial charge in [0.1, 0.15) is 5.69 Å². The Hall–Kier alpha value is -1.36. The minimum absolute atomic E-state index is 0.108. The summed E-state index contributed by atoms with van der Waals surface area (Å²) in [6, 6.07) is 1.93. The van der Waals surface area contributed by atoms with Gasteiger partial charge in [-0.1, -0.05) is 0 Å². The summed E-state index contributed by atoms with van der Waals surface area (Å²) < 4.78 is 1.99. The molecule has 0 bridgehead atoms. The largest absolute Gasteiger partial charge is 0.349 e. The maximum Gasteiger partial charge on any atom is 0.271 e. The van der Waals surface area contributed by atoms with Crippen molar-refractivity contribution >= 4 is 5.91 Å². The number of carbonyl (C=O) groups is 1. The molecule has 0 unspecified atom stereocenters. The lowest BCUT2D eigenvalue weighted by Gasteiger charge is -2.22. The first-order valence-electron chi connectivity index (χ1n) is 7.25. The van der Waals surface area contributed by atoms with Crippen LogP contribution in [0, 0.1) is 0 Å². The van der Waals surface area contributed by atoms with E-state index in [1.807, 2.05) is 24.6 Å². The van der Waals surface area contributed by atoms with Crippen LogP contribution in [0.2, 0.25) is 0 Å². The van der Waals surface area contributed by atoms with E-state index in [2.05, 4.69) is 31.2 Å². The Balaban J connectivity index is 2.18. The minimum atomic E-state index is -0.415. The molecule has 20 heavy (non-hydrogen) atoms. The summed E-state index contributed by atoms with van der Waals surface area (Å²) in [7, 11) is 0. The highest BCUT2D eigenvalue weighted by atomic mass is 16.1. The third kappa shape index (κ3) is 3.60. The first kappa shape index (κ1) is 15.0. The zero-order chi connectivity index (χ0) is 15.1. The van der Waals surface area contributed by atoms with Crippen LogP contribution in [0.1, 0.15) is 69.6 Å². The predicted molar refractivity (Wildman–Crippen MR) is 79.8 cm³/mol. The second-order valence-corrected chi connectivity index (χ2v) is 7.48. The molecule has 5 nitrogen and oxygen atoms in total. The average Bonchev–Trinajstić information content (AvgIpc) is 3.02. The zero-order valence-corrected chi connectivity index (χ0v) is 13.2. The van der Waals surface area contributed by atoms with Crippen LogP contribution in [0.15, 0.2) is 6.07 Å². The number of nitrogens with one attached hydrogen (secondary N) is 1. The van der Waals surface area contributed by atoms with Gasteiger partial charge in [0.15, 0.2) is 0 Å². The van der Waals surface area contributed by atoms with Crippen molar-refractivity contribution in [3.63, 3.8) is 0 Å². The molecule has 1 aliphatic carbocycles. The lowest BCUT2D eigenvalue weighted by atomic mass is 10.1. The Morgan fingerprint density at radius 1 is 1.40 bits per heavy atom. The van der Waals surface area contributed by atoms with Crippen LogP contribution in [0.4, 0.5) is 0 Å². The van der Waals surface area contributed by atoms with Crippen LogP contribution in [0.25, 0.3) is 0 Å². The molecule has 1 amide bonds. The Morgan fingerprint density at radius 3 is 2.45 bits per heavy atom. The van der Waals surface area contributed by atoms with Crippen LogP contribution in [-0.2, 0) is 5.54 Å². The number of nitrogens with zero attached hydrogens (tertiary/aromatic N) is 2. The molecule has 1 aromatic heterocycles. The number of rotatable bonds is 4. The molecular weight excluding hydrogens is 252 g/mol. The quantitative estimate of drug-likeness (QED) is 0.884. The number of hydrogen-bond donors (Lipinski definition) is 2. The van der Waals surface area contributed by atoms with Gasteiger partial charge >= 0.3 is 0 Å².